The molecule has 194 valence electrons. The maximum atomic E-state index is 12.3. The molecule has 0 spiro atoms. The summed E-state index contributed by atoms with van der Waals surface area (Å²) >= 11 is 12.0. The van der Waals surface area contributed by atoms with Crippen LogP contribution in [0.3, 0.4) is 0 Å². The van der Waals surface area contributed by atoms with Crippen LogP contribution in [0.15, 0.2) is 60.7 Å². The van der Waals surface area contributed by atoms with Crippen molar-refractivity contribution in [2.24, 2.45) is 0 Å². The molecule has 37 heavy (non-hydrogen) atoms. The van der Waals surface area contributed by atoms with Gasteiger partial charge in [-0.15, -0.1) is 0 Å². The van der Waals surface area contributed by atoms with Gasteiger partial charge in [0.1, 0.15) is 11.5 Å². The van der Waals surface area contributed by atoms with Gasteiger partial charge in [0.2, 0.25) is 5.91 Å². The number of halogens is 2. The van der Waals surface area contributed by atoms with Gasteiger partial charge in [0, 0.05) is 22.8 Å². The molecule has 9 heteroatoms. The fourth-order valence-corrected chi connectivity index (χ4v) is 3.97. The quantitative estimate of drug-likeness (QED) is 0.259. The summed E-state index contributed by atoms with van der Waals surface area (Å²) in [6.07, 6.45) is 1.30. The Morgan fingerprint density at radius 3 is 2.11 bits per heavy atom. The van der Waals surface area contributed by atoms with Crippen molar-refractivity contribution in [1.29, 1.82) is 0 Å². The number of hydrogen-bond donors (Lipinski definition) is 2. The van der Waals surface area contributed by atoms with Gasteiger partial charge in [-0.25, -0.2) is 0 Å². The third-order valence-corrected chi connectivity index (χ3v) is 5.97. The molecule has 0 unspecified atom stereocenters. The normalized spacial score (nSPS) is 10.5. The second-order valence-electron chi connectivity index (χ2n) is 8.12. The van der Waals surface area contributed by atoms with Gasteiger partial charge in [0.05, 0.1) is 11.4 Å². The summed E-state index contributed by atoms with van der Waals surface area (Å²) < 4.78 is 10.8. The van der Waals surface area contributed by atoms with E-state index in [1.807, 2.05) is 32.0 Å². The summed E-state index contributed by atoms with van der Waals surface area (Å²) in [7, 11) is 0. The largest absolute Gasteiger partial charge is 0.456 e. The average Bonchev–Trinajstić information content (AvgIpc) is 2.89. The smallest absolute Gasteiger partial charge is 0.306 e. The number of benzene rings is 3. The molecule has 3 rings (SSSR count). The van der Waals surface area contributed by atoms with Crippen LogP contribution in [0.5, 0.6) is 11.5 Å². The van der Waals surface area contributed by atoms with E-state index in [-0.39, 0.29) is 18.7 Å². The minimum Gasteiger partial charge on any atom is -0.456 e. The first-order valence-electron chi connectivity index (χ1n) is 11.9. The summed E-state index contributed by atoms with van der Waals surface area (Å²) in [4.78, 5) is 36.6. The van der Waals surface area contributed by atoms with Crippen molar-refractivity contribution in [3.8, 4) is 11.5 Å². The van der Waals surface area contributed by atoms with Gasteiger partial charge in [-0.3, -0.25) is 14.4 Å². The molecule has 0 heterocycles. The zero-order chi connectivity index (χ0) is 26.8. The van der Waals surface area contributed by atoms with Crippen LogP contribution in [-0.2, 0) is 32.0 Å². The Kier molecular flexibility index (Phi) is 10.4. The van der Waals surface area contributed by atoms with E-state index in [2.05, 4.69) is 10.6 Å². The van der Waals surface area contributed by atoms with Crippen molar-refractivity contribution in [3.63, 3.8) is 0 Å². The predicted octanol–water partition coefficient (Wildman–Crippen LogP) is 6.81. The molecule has 0 fully saturated rings. The first-order chi connectivity index (χ1) is 17.8. The maximum absolute atomic E-state index is 12.3. The standard InChI is InChI=1S/C28H28Cl2N2O5/c1-3-18-6-5-7-19(4-2)28(18)32-26(34)17-36-27(35)15-14-25(33)31-21-9-11-22(12-10-21)37-24-13-8-20(29)16-23(24)30/h5-13,16H,3-4,14-15,17H2,1-2H3,(H,31,33)(H,32,34). The fraction of sp³-hybridized carbons (Fsp3) is 0.250. The van der Waals surface area contributed by atoms with Crippen LogP contribution < -0.4 is 15.4 Å². The second-order valence-corrected chi connectivity index (χ2v) is 8.96. The van der Waals surface area contributed by atoms with Gasteiger partial charge in [-0.1, -0.05) is 55.2 Å². The van der Waals surface area contributed by atoms with Crippen molar-refractivity contribution >= 4 is 52.4 Å². The van der Waals surface area contributed by atoms with Crippen molar-refractivity contribution in [2.45, 2.75) is 39.5 Å². The average molecular weight is 543 g/mol. The molecule has 0 aromatic heterocycles. The van der Waals surface area contributed by atoms with Crippen molar-refractivity contribution in [3.05, 3.63) is 81.8 Å². The number of carbonyl (C=O) groups excluding carboxylic acids is 3. The molecule has 7 nitrogen and oxygen atoms in total. The summed E-state index contributed by atoms with van der Waals surface area (Å²) in [5.41, 5.74) is 3.34. The molecular formula is C28H28Cl2N2O5. The molecule has 0 aliphatic carbocycles. The number of anilines is 2. The van der Waals surface area contributed by atoms with E-state index in [4.69, 9.17) is 32.7 Å². The molecule has 0 saturated carbocycles. The summed E-state index contributed by atoms with van der Waals surface area (Å²) in [5, 5.41) is 6.43. The minimum absolute atomic E-state index is 0.0856. The lowest BCUT2D eigenvalue weighted by Gasteiger charge is -2.14. The molecule has 0 bridgehead atoms. The van der Waals surface area contributed by atoms with Crippen LogP contribution in [0, 0.1) is 0 Å². The number of esters is 1. The number of hydrogen-bond acceptors (Lipinski definition) is 5. The summed E-state index contributed by atoms with van der Waals surface area (Å²) in [6, 6.07) is 17.5. The van der Waals surface area contributed by atoms with Crippen LogP contribution in [0.25, 0.3) is 0 Å². The van der Waals surface area contributed by atoms with Gasteiger partial charge >= 0.3 is 5.97 Å². The van der Waals surface area contributed by atoms with E-state index in [9.17, 15) is 14.4 Å². The highest BCUT2D eigenvalue weighted by atomic mass is 35.5. The Hall–Kier alpha value is -3.55. The van der Waals surface area contributed by atoms with Gasteiger partial charge < -0.3 is 20.1 Å². The predicted molar refractivity (Wildman–Crippen MR) is 146 cm³/mol. The Morgan fingerprint density at radius 1 is 0.811 bits per heavy atom. The second kappa shape index (κ2) is 13.7. The van der Waals surface area contributed by atoms with E-state index in [0.717, 1.165) is 29.7 Å². The minimum atomic E-state index is -0.631. The lowest BCUT2D eigenvalue weighted by molar-refractivity contribution is -0.147. The maximum Gasteiger partial charge on any atom is 0.306 e. The third-order valence-electron chi connectivity index (χ3n) is 5.44. The number of aryl methyl sites for hydroxylation is 2. The Balaban J connectivity index is 1.41. The highest BCUT2D eigenvalue weighted by molar-refractivity contribution is 6.35. The monoisotopic (exact) mass is 542 g/mol. The lowest BCUT2D eigenvalue weighted by atomic mass is 10.0. The van der Waals surface area contributed by atoms with Crippen LogP contribution in [-0.4, -0.2) is 24.4 Å². The van der Waals surface area contributed by atoms with Gasteiger partial charge in [-0.2, -0.15) is 0 Å². The van der Waals surface area contributed by atoms with Crippen molar-refractivity contribution in [2.75, 3.05) is 17.2 Å². The number of nitrogens with one attached hydrogen (secondary N) is 2. The molecule has 3 aromatic carbocycles. The molecular weight excluding hydrogens is 515 g/mol. The van der Waals surface area contributed by atoms with E-state index in [1.54, 1.807) is 42.5 Å². The summed E-state index contributed by atoms with van der Waals surface area (Å²) in [6.45, 7) is 3.60. The molecule has 0 saturated heterocycles. The number of carbonyl (C=O) groups is 3. The Morgan fingerprint density at radius 2 is 1.49 bits per heavy atom. The first kappa shape index (κ1) is 28.0. The fourth-order valence-electron chi connectivity index (χ4n) is 3.53. The van der Waals surface area contributed by atoms with Crippen LogP contribution in [0.1, 0.15) is 37.8 Å². The van der Waals surface area contributed by atoms with Gasteiger partial charge in [-0.05, 0) is 66.4 Å². The number of rotatable bonds is 11. The first-order valence-corrected chi connectivity index (χ1v) is 12.6. The van der Waals surface area contributed by atoms with E-state index in [0.29, 0.717) is 27.2 Å². The highest BCUT2D eigenvalue weighted by Crippen LogP contribution is 2.32. The molecule has 2 amide bonds. The van der Waals surface area contributed by atoms with Gasteiger partial charge in [0.15, 0.2) is 6.61 Å². The van der Waals surface area contributed by atoms with Gasteiger partial charge in [0.25, 0.3) is 5.91 Å². The van der Waals surface area contributed by atoms with Crippen molar-refractivity contribution in [1.82, 2.24) is 0 Å². The molecule has 3 aromatic rings. The SMILES string of the molecule is CCc1cccc(CC)c1NC(=O)COC(=O)CCC(=O)Nc1ccc(Oc2ccc(Cl)cc2Cl)cc1. The number of ether oxygens (including phenoxy) is 2. The number of amides is 2. The van der Waals surface area contributed by atoms with Crippen molar-refractivity contribution < 1.29 is 23.9 Å². The molecule has 0 aliphatic rings. The molecule has 0 atom stereocenters. The lowest BCUT2D eigenvalue weighted by Crippen LogP contribution is -2.23. The van der Waals surface area contributed by atoms with Crippen LogP contribution in [0.2, 0.25) is 10.0 Å². The van der Waals surface area contributed by atoms with Crippen LogP contribution in [0.4, 0.5) is 11.4 Å². The zero-order valence-corrected chi connectivity index (χ0v) is 22.1. The van der Waals surface area contributed by atoms with E-state index in [1.165, 1.54) is 0 Å². The Labute approximate surface area is 226 Å². The Bertz CT molecular complexity index is 1240. The topological polar surface area (TPSA) is 93.7 Å². The van der Waals surface area contributed by atoms with E-state index < -0.39 is 18.5 Å². The molecule has 2 N–H and O–H groups in total. The zero-order valence-electron chi connectivity index (χ0n) is 20.6. The highest BCUT2D eigenvalue weighted by Gasteiger charge is 2.14. The molecule has 0 aliphatic heterocycles. The summed E-state index contributed by atoms with van der Waals surface area (Å²) in [5.74, 6) is -0.434. The van der Waals surface area contributed by atoms with Crippen LogP contribution >= 0.6 is 23.2 Å². The molecule has 0 radical (unpaired) electrons. The van der Waals surface area contributed by atoms with E-state index >= 15 is 0 Å². The third kappa shape index (κ3) is 8.51. The number of para-hydroxylation sites is 1.